The molecule has 0 aliphatic rings. The quantitative estimate of drug-likeness (QED) is 0.373. The van der Waals surface area contributed by atoms with Crippen LogP contribution in [0.5, 0.6) is 0 Å². The molecule has 0 unspecified atom stereocenters. The second-order valence-electron chi connectivity index (χ2n) is 1.30. The molecular formula is C3H6BrNO3. The Morgan fingerprint density at radius 2 is 2.50 bits per heavy atom. The Morgan fingerprint density at radius 3 is 2.62 bits per heavy atom. The Hall–Kier alpha value is -0.320. The summed E-state index contributed by atoms with van der Waals surface area (Å²) in [5.41, 5.74) is 0. The lowest BCUT2D eigenvalue weighted by atomic mass is 10.5. The molecule has 0 aromatic rings. The Kier molecular flexibility index (Phi) is 3.51. The first kappa shape index (κ1) is 7.68. The molecule has 0 fully saturated rings. The van der Waals surface area contributed by atoms with Crippen molar-refractivity contribution in [3.63, 3.8) is 0 Å². The largest absolute Gasteiger partial charge is 0.313 e. The third-order valence-electron chi connectivity index (χ3n) is 0.410. The number of halogens is 1. The monoisotopic (exact) mass is 183 g/mol. The first-order valence-corrected chi connectivity index (χ1v) is 2.96. The molecule has 0 aromatic carbocycles. The van der Waals surface area contributed by atoms with Gasteiger partial charge in [0.15, 0.2) is 0 Å². The normalized spacial score (nSPS) is 12.8. The fourth-order valence-electron chi connectivity index (χ4n) is 0.164. The van der Waals surface area contributed by atoms with Gasteiger partial charge in [0.25, 0.3) is 5.09 Å². The lowest BCUT2D eigenvalue weighted by Gasteiger charge is -1.97. The summed E-state index contributed by atoms with van der Waals surface area (Å²) >= 11 is 3.07. The smallest absolute Gasteiger partial charge is 0.294 e. The van der Waals surface area contributed by atoms with Gasteiger partial charge in [-0.05, 0) is 0 Å². The van der Waals surface area contributed by atoms with Gasteiger partial charge in [0.2, 0.25) is 0 Å². The van der Waals surface area contributed by atoms with Crippen LogP contribution in [0.2, 0.25) is 0 Å². The molecule has 0 amide bonds. The van der Waals surface area contributed by atoms with Crippen molar-refractivity contribution in [2.75, 3.05) is 6.61 Å². The molecule has 0 saturated heterocycles. The van der Waals surface area contributed by atoms with E-state index < -0.39 is 5.09 Å². The topological polar surface area (TPSA) is 52.4 Å². The molecule has 1 atom stereocenters. The lowest BCUT2D eigenvalue weighted by molar-refractivity contribution is -0.757. The van der Waals surface area contributed by atoms with E-state index >= 15 is 0 Å². The molecule has 0 N–H and O–H groups in total. The predicted octanol–water partition coefficient (Wildman–Crippen LogP) is 0.978. The van der Waals surface area contributed by atoms with Gasteiger partial charge in [0, 0.05) is 4.83 Å². The van der Waals surface area contributed by atoms with Gasteiger partial charge in [-0.25, -0.2) is 0 Å². The van der Waals surface area contributed by atoms with Gasteiger partial charge >= 0.3 is 0 Å². The highest BCUT2D eigenvalue weighted by Gasteiger charge is 1.97. The molecule has 4 nitrogen and oxygen atoms in total. The Balaban J connectivity index is 3.05. The molecule has 0 aliphatic carbocycles. The lowest BCUT2D eigenvalue weighted by Crippen LogP contribution is -2.08. The van der Waals surface area contributed by atoms with Crippen molar-refractivity contribution in [3.8, 4) is 0 Å². The summed E-state index contributed by atoms with van der Waals surface area (Å²) in [6.07, 6.45) is 0. The third kappa shape index (κ3) is 5.68. The number of rotatable bonds is 3. The highest BCUT2D eigenvalue weighted by atomic mass is 79.9. The van der Waals surface area contributed by atoms with E-state index in [-0.39, 0.29) is 11.4 Å². The third-order valence-corrected chi connectivity index (χ3v) is 0.674. The zero-order valence-corrected chi connectivity index (χ0v) is 5.92. The van der Waals surface area contributed by atoms with E-state index in [4.69, 9.17) is 0 Å². The minimum absolute atomic E-state index is 0.0351. The minimum Gasteiger partial charge on any atom is -0.313 e. The predicted molar refractivity (Wildman–Crippen MR) is 31.3 cm³/mol. The molecule has 0 heterocycles. The van der Waals surface area contributed by atoms with Crippen LogP contribution in [0.1, 0.15) is 6.92 Å². The number of hydrogen-bond acceptors (Lipinski definition) is 3. The van der Waals surface area contributed by atoms with Gasteiger partial charge in [-0.15, -0.1) is 10.1 Å². The minimum atomic E-state index is -0.808. The Labute approximate surface area is 55.1 Å². The first-order chi connectivity index (χ1) is 3.63. The summed E-state index contributed by atoms with van der Waals surface area (Å²) in [4.78, 5) is 13.5. The van der Waals surface area contributed by atoms with E-state index in [1.54, 1.807) is 6.92 Å². The molecule has 0 saturated carbocycles. The maximum Gasteiger partial charge on any atom is 0.294 e. The molecule has 8 heavy (non-hydrogen) atoms. The van der Waals surface area contributed by atoms with Crippen LogP contribution in [0.25, 0.3) is 0 Å². The van der Waals surface area contributed by atoms with E-state index in [0.29, 0.717) is 0 Å². The van der Waals surface area contributed by atoms with Crippen LogP contribution in [0, 0.1) is 10.1 Å². The second-order valence-corrected chi connectivity index (χ2v) is 2.86. The number of alkyl halides is 1. The fraction of sp³-hybridized carbons (Fsp3) is 1.00. The van der Waals surface area contributed by atoms with E-state index in [0.717, 1.165) is 0 Å². The van der Waals surface area contributed by atoms with E-state index in [9.17, 15) is 10.1 Å². The number of hydrogen-bond donors (Lipinski definition) is 0. The zero-order chi connectivity index (χ0) is 6.57. The van der Waals surface area contributed by atoms with Crippen molar-refractivity contribution in [1.29, 1.82) is 0 Å². The Bertz CT molecular complexity index is 84.6. The van der Waals surface area contributed by atoms with Crippen LogP contribution in [0.4, 0.5) is 0 Å². The maximum absolute atomic E-state index is 9.47. The maximum atomic E-state index is 9.47. The Morgan fingerprint density at radius 1 is 2.00 bits per heavy atom. The SMILES string of the molecule is C[C@H](Br)CO[N+](=O)[O-]. The van der Waals surface area contributed by atoms with Gasteiger partial charge < -0.3 is 4.84 Å². The summed E-state index contributed by atoms with van der Waals surface area (Å²) in [6, 6.07) is 0. The van der Waals surface area contributed by atoms with Gasteiger partial charge in [-0.1, -0.05) is 22.9 Å². The highest BCUT2D eigenvalue weighted by Crippen LogP contribution is 1.96. The fourth-order valence-corrected chi connectivity index (χ4v) is 0.282. The van der Waals surface area contributed by atoms with E-state index in [2.05, 4.69) is 20.8 Å². The van der Waals surface area contributed by atoms with Gasteiger partial charge in [0.05, 0.1) is 0 Å². The van der Waals surface area contributed by atoms with Crippen molar-refractivity contribution in [3.05, 3.63) is 10.1 Å². The molecule has 48 valence electrons. The molecule has 0 spiro atoms. The summed E-state index contributed by atoms with van der Waals surface area (Å²) in [6.45, 7) is 1.87. The zero-order valence-electron chi connectivity index (χ0n) is 4.33. The molecular weight excluding hydrogens is 178 g/mol. The molecule has 5 heteroatoms. The molecule has 0 radical (unpaired) electrons. The van der Waals surface area contributed by atoms with E-state index in [1.807, 2.05) is 0 Å². The first-order valence-electron chi connectivity index (χ1n) is 2.04. The van der Waals surface area contributed by atoms with Crippen molar-refractivity contribution in [2.24, 2.45) is 0 Å². The van der Waals surface area contributed by atoms with Crippen molar-refractivity contribution >= 4 is 15.9 Å². The summed E-state index contributed by atoms with van der Waals surface area (Å²) in [5, 5.41) is 8.66. The van der Waals surface area contributed by atoms with Gasteiger partial charge in [0.1, 0.15) is 6.61 Å². The number of nitrogens with zero attached hydrogens (tertiary/aromatic N) is 1. The van der Waals surface area contributed by atoms with Crippen LogP contribution in [0.3, 0.4) is 0 Å². The summed E-state index contributed by atoms with van der Waals surface area (Å²) in [7, 11) is 0. The van der Waals surface area contributed by atoms with Gasteiger partial charge in [-0.2, -0.15) is 0 Å². The van der Waals surface area contributed by atoms with Crippen LogP contribution >= 0.6 is 15.9 Å². The van der Waals surface area contributed by atoms with Crippen LogP contribution in [-0.2, 0) is 4.84 Å². The molecule has 0 rings (SSSR count). The summed E-state index contributed by atoms with van der Waals surface area (Å²) in [5.74, 6) is 0. The van der Waals surface area contributed by atoms with Crippen LogP contribution in [-0.4, -0.2) is 16.5 Å². The van der Waals surface area contributed by atoms with Crippen LogP contribution in [0.15, 0.2) is 0 Å². The second kappa shape index (κ2) is 3.65. The van der Waals surface area contributed by atoms with Crippen molar-refractivity contribution < 1.29 is 9.92 Å². The standard InChI is InChI=1S/C3H6BrNO3/c1-3(4)2-8-5(6)7/h3H,2H2,1H3/t3-/m0/s1. The molecule has 0 aliphatic heterocycles. The molecule has 0 aromatic heterocycles. The van der Waals surface area contributed by atoms with E-state index in [1.165, 1.54) is 0 Å². The van der Waals surface area contributed by atoms with Crippen molar-refractivity contribution in [1.82, 2.24) is 0 Å². The van der Waals surface area contributed by atoms with Crippen LogP contribution < -0.4 is 0 Å². The van der Waals surface area contributed by atoms with Gasteiger partial charge in [-0.3, -0.25) is 0 Å². The van der Waals surface area contributed by atoms with Crippen molar-refractivity contribution in [2.45, 2.75) is 11.8 Å². The molecule has 0 bridgehead atoms. The summed E-state index contributed by atoms with van der Waals surface area (Å²) < 4.78 is 0. The highest BCUT2D eigenvalue weighted by molar-refractivity contribution is 9.09. The average molecular weight is 184 g/mol. The average Bonchev–Trinajstić information content (AvgIpc) is 1.61.